The van der Waals surface area contributed by atoms with Crippen LogP contribution in [0.4, 0.5) is 5.69 Å². The van der Waals surface area contributed by atoms with Crippen molar-refractivity contribution in [3.63, 3.8) is 0 Å². The first-order chi connectivity index (χ1) is 12.9. The number of hydrogen-bond donors (Lipinski definition) is 1. The fourth-order valence-corrected chi connectivity index (χ4v) is 3.25. The Hall–Kier alpha value is -2.37. The van der Waals surface area contributed by atoms with E-state index < -0.39 is 0 Å². The lowest BCUT2D eigenvalue weighted by Gasteiger charge is -2.07. The number of carbonyl (C=O) groups excluding carboxylic acids is 1. The van der Waals surface area contributed by atoms with E-state index in [1.165, 1.54) is 22.9 Å². The second-order valence-corrected chi connectivity index (χ2v) is 7.76. The van der Waals surface area contributed by atoms with Gasteiger partial charge in [0.2, 0.25) is 5.91 Å². The number of aromatic nitrogens is 2. The van der Waals surface area contributed by atoms with E-state index in [1.807, 2.05) is 37.3 Å². The standard InChI is InChI=1S/C21H20ClN3OS/c1-13-4-6-16(10-15(13)3)19-8-9-21(25-24-19)27-12-20(26)23-17-7-5-14(2)18(22)11-17/h4-11H,12H2,1-3H3,(H,23,26). The first-order valence-corrected chi connectivity index (χ1v) is 9.89. The molecule has 0 saturated heterocycles. The van der Waals surface area contributed by atoms with Crippen molar-refractivity contribution in [1.29, 1.82) is 0 Å². The van der Waals surface area contributed by atoms with Crippen molar-refractivity contribution in [2.45, 2.75) is 25.8 Å². The van der Waals surface area contributed by atoms with Gasteiger partial charge in [-0.3, -0.25) is 4.79 Å². The summed E-state index contributed by atoms with van der Waals surface area (Å²) in [6, 6.07) is 15.5. The molecule has 1 heterocycles. The molecule has 3 rings (SSSR count). The third kappa shape index (κ3) is 5.08. The van der Waals surface area contributed by atoms with Gasteiger partial charge >= 0.3 is 0 Å². The Morgan fingerprint density at radius 3 is 2.41 bits per heavy atom. The third-order valence-electron chi connectivity index (χ3n) is 4.25. The average molecular weight is 398 g/mol. The SMILES string of the molecule is Cc1ccc(-c2ccc(SCC(=O)Nc3ccc(C)c(Cl)c3)nn2)cc1C. The topological polar surface area (TPSA) is 54.9 Å². The van der Waals surface area contributed by atoms with Gasteiger partial charge in [-0.1, -0.05) is 41.6 Å². The summed E-state index contributed by atoms with van der Waals surface area (Å²) in [6.45, 7) is 6.08. The normalized spacial score (nSPS) is 10.7. The Kier molecular flexibility index (Phi) is 6.14. The molecule has 0 aliphatic carbocycles. The van der Waals surface area contributed by atoms with Crippen LogP contribution in [0.2, 0.25) is 5.02 Å². The number of anilines is 1. The molecule has 1 aromatic heterocycles. The summed E-state index contributed by atoms with van der Waals surface area (Å²) < 4.78 is 0. The van der Waals surface area contributed by atoms with E-state index in [0.29, 0.717) is 15.7 Å². The number of hydrogen-bond acceptors (Lipinski definition) is 4. The van der Waals surface area contributed by atoms with Gasteiger partial charge in [0.15, 0.2) is 0 Å². The largest absolute Gasteiger partial charge is 0.325 e. The van der Waals surface area contributed by atoms with E-state index >= 15 is 0 Å². The molecule has 1 N–H and O–H groups in total. The van der Waals surface area contributed by atoms with E-state index in [2.05, 4.69) is 41.5 Å². The third-order valence-corrected chi connectivity index (χ3v) is 5.58. The van der Waals surface area contributed by atoms with Gasteiger partial charge in [-0.15, -0.1) is 10.2 Å². The van der Waals surface area contributed by atoms with E-state index in [4.69, 9.17) is 11.6 Å². The van der Waals surface area contributed by atoms with Gasteiger partial charge in [0.25, 0.3) is 0 Å². The number of rotatable bonds is 5. The Bertz CT molecular complexity index is 974. The van der Waals surface area contributed by atoms with E-state index in [9.17, 15) is 4.79 Å². The van der Waals surface area contributed by atoms with Gasteiger partial charge in [-0.25, -0.2) is 0 Å². The van der Waals surface area contributed by atoms with Crippen LogP contribution in [-0.4, -0.2) is 21.9 Å². The summed E-state index contributed by atoms with van der Waals surface area (Å²) in [6.07, 6.45) is 0. The lowest BCUT2D eigenvalue weighted by Crippen LogP contribution is -2.14. The predicted octanol–water partition coefficient (Wildman–Crippen LogP) is 5.45. The van der Waals surface area contributed by atoms with Crippen LogP contribution in [-0.2, 0) is 4.79 Å². The lowest BCUT2D eigenvalue weighted by molar-refractivity contribution is -0.113. The van der Waals surface area contributed by atoms with Gasteiger partial charge in [-0.05, 0) is 67.8 Å². The van der Waals surface area contributed by atoms with Crippen molar-refractivity contribution in [1.82, 2.24) is 10.2 Å². The van der Waals surface area contributed by atoms with Crippen LogP contribution in [0.15, 0.2) is 53.6 Å². The lowest BCUT2D eigenvalue weighted by atomic mass is 10.0. The second kappa shape index (κ2) is 8.55. The quantitative estimate of drug-likeness (QED) is 0.581. The molecular formula is C21H20ClN3OS. The van der Waals surface area contributed by atoms with Crippen LogP contribution < -0.4 is 5.32 Å². The summed E-state index contributed by atoms with van der Waals surface area (Å²) in [5.41, 5.74) is 5.99. The zero-order valence-electron chi connectivity index (χ0n) is 15.4. The highest BCUT2D eigenvalue weighted by Gasteiger charge is 2.07. The molecule has 3 aromatic rings. The highest BCUT2D eigenvalue weighted by molar-refractivity contribution is 7.99. The maximum absolute atomic E-state index is 12.1. The van der Waals surface area contributed by atoms with Crippen LogP contribution in [0.5, 0.6) is 0 Å². The van der Waals surface area contributed by atoms with Crippen molar-refractivity contribution in [3.8, 4) is 11.3 Å². The van der Waals surface area contributed by atoms with Crippen LogP contribution in [0.1, 0.15) is 16.7 Å². The van der Waals surface area contributed by atoms with Crippen LogP contribution in [0, 0.1) is 20.8 Å². The summed E-state index contributed by atoms with van der Waals surface area (Å²) in [4.78, 5) is 12.1. The summed E-state index contributed by atoms with van der Waals surface area (Å²) >= 11 is 7.43. The number of nitrogens with zero attached hydrogens (tertiary/aromatic N) is 2. The minimum Gasteiger partial charge on any atom is -0.325 e. The zero-order valence-corrected chi connectivity index (χ0v) is 17.0. The maximum atomic E-state index is 12.1. The molecule has 0 radical (unpaired) electrons. The van der Waals surface area contributed by atoms with Crippen molar-refractivity contribution >= 4 is 35.0 Å². The molecule has 27 heavy (non-hydrogen) atoms. The fourth-order valence-electron chi connectivity index (χ4n) is 2.46. The summed E-state index contributed by atoms with van der Waals surface area (Å²) in [5, 5.41) is 12.7. The van der Waals surface area contributed by atoms with Crippen molar-refractivity contribution < 1.29 is 4.79 Å². The van der Waals surface area contributed by atoms with Crippen molar-refractivity contribution in [3.05, 3.63) is 70.2 Å². The van der Waals surface area contributed by atoms with Crippen LogP contribution in [0.25, 0.3) is 11.3 Å². The number of carbonyl (C=O) groups is 1. The number of amides is 1. The van der Waals surface area contributed by atoms with Gasteiger partial charge < -0.3 is 5.32 Å². The first-order valence-electron chi connectivity index (χ1n) is 8.52. The monoisotopic (exact) mass is 397 g/mol. The Labute approximate surface area is 168 Å². The maximum Gasteiger partial charge on any atom is 0.234 e. The number of aryl methyl sites for hydroxylation is 3. The molecule has 0 aliphatic heterocycles. The molecule has 2 aromatic carbocycles. The molecule has 6 heteroatoms. The molecular weight excluding hydrogens is 378 g/mol. The number of benzene rings is 2. The van der Waals surface area contributed by atoms with Gasteiger partial charge in [0, 0.05) is 16.3 Å². The zero-order chi connectivity index (χ0) is 19.4. The molecule has 0 aliphatic rings. The van der Waals surface area contributed by atoms with E-state index in [1.54, 1.807) is 6.07 Å². The highest BCUT2D eigenvalue weighted by atomic mass is 35.5. The molecule has 0 unspecified atom stereocenters. The molecule has 0 bridgehead atoms. The highest BCUT2D eigenvalue weighted by Crippen LogP contribution is 2.23. The first kappa shape index (κ1) is 19.4. The van der Waals surface area contributed by atoms with Gasteiger partial charge in [0.05, 0.1) is 11.4 Å². The Morgan fingerprint density at radius 1 is 0.963 bits per heavy atom. The van der Waals surface area contributed by atoms with Crippen LogP contribution >= 0.6 is 23.4 Å². The molecule has 4 nitrogen and oxygen atoms in total. The smallest absolute Gasteiger partial charge is 0.234 e. The summed E-state index contributed by atoms with van der Waals surface area (Å²) in [7, 11) is 0. The molecule has 0 atom stereocenters. The van der Waals surface area contributed by atoms with E-state index in [0.717, 1.165) is 16.8 Å². The van der Waals surface area contributed by atoms with Gasteiger partial charge in [-0.2, -0.15) is 0 Å². The minimum atomic E-state index is -0.111. The molecule has 1 amide bonds. The number of nitrogens with one attached hydrogen (secondary N) is 1. The Morgan fingerprint density at radius 2 is 1.74 bits per heavy atom. The van der Waals surface area contributed by atoms with Gasteiger partial charge in [0.1, 0.15) is 5.03 Å². The molecule has 0 saturated carbocycles. The van der Waals surface area contributed by atoms with Crippen molar-refractivity contribution in [2.75, 3.05) is 11.1 Å². The molecule has 0 fully saturated rings. The predicted molar refractivity (Wildman–Crippen MR) is 112 cm³/mol. The summed E-state index contributed by atoms with van der Waals surface area (Å²) in [5.74, 6) is 0.142. The molecule has 138 valence electrons. The fraction of sp³-hybridized carbons (Fsp3) is 0.190. The molecule has 0 spiro atoms. The minimum absolute atomic E-state index is 0.111. The van der Waals surface area contributed by atoms with E-state index in [-0.39, 0.29) is 11.7 Å². The number of thioether (sulfide) groups is 1. The number of halogens is 1. The van der Waals surface area contributed by atoms with Crippen LogP contribution in [0.3, 0.4) is 0 Å². The Balaban J connectivity index is 1.58. The average Bonchev–Trinajstić information content (AvgIpc) is 2.66. The van der Waals surface area contributed by atoms with Crippen molar-refractivity contribution in [2.24, 2.45) is 0 Å². The second-order valence-electron chi connectivity index (χ2n) is 6.36.